The first kappa shape index (κ1) is 12.2. The number of rotatable bonds is 3. The van der Waals surface area contributed by atoms with Gasteiger partial charge in [0.05, 0.1) is 0 Å². The topological polar surface area (TPSA) is 38.0 Å². The molecule has 0 aliphatic heterocycles. The zero-order chi connectivity index (χ0) is 13.1. The second-order valence-electron chi connectivity index (χ2n) is 5.29. The summed E-state index contributed by atoms with van der Waals surface area (Å²) < 4.78 is 0. The summed E-state index contributed by atoms with van der Waals surface area (Å²) in [6, 6.07) is 17.4. The second-order valence-corrected chi connectivity index (χ2v) is 5.29. The monoisotopic (exact) mass is 252 g/mol. The average Bonchev–Trinajstić information content (AvgIpc) is 2.46. The van der Waals surface area contributed by atoms with Gasteiger partial charge in [0.2, 0.25) is 0 Å². The second kappa shape index (κ2) is 5.45. The smallest absolute Gasteiger partial charge is 0.0349 e. The standard InChI is InChI=1S/C17H20N2/c18-17-8-4-7-14-11-15(9-10-16(14)17)19-12-13-5-2-1-3-6-13/h1-8,15,19H,9-12,18H2. The third kappa shape index (κ3) is 2.79. The molecule has 1 aliphatic carbocycles. The molecule has 1 unspecified atom stereocenters. The first-order valence-electron chi connectivity index (χ1n) is 6.96. The van der Waals surface area contributed by atoms with Gasteiger partial charge in [0.1, 0.15) is 0 Å². The zero-order valence-electron chi connectivity index (χ0n) is 11.1. The van der Waals surface area contributed by atoms with Gasteiger partial charge in [-0.15, -0.1) is 0 Å². The molecule has 0 saturated carbocycles. The fourth-order valence-electron chi connectivity index (χ4n) is 2.87. The predicted molar refractivity (Wildman–Crippen MR) is 79.9 cm³/mol. The number of nitrogens with one attached hydrogen (secondary N) is 1. The van der Waals surface area contributed by atoms with Gasteiger partial charge in [-0.1, -0.05) is 42.5 Å². The summed E-state index contributed by atoms with van der Waals surface area (Å²) in [7, 11) is 0. The van der Waals surface area contributed by atoms with Crippen LogP contribution in [0.3, 0.4) is 0 Å². The lowest BCUT2D eigenvalue weighted by Gasteiger charge is -2.26. The van der Waals surface area contributed by atoms with Gasteiger partial charge in [0, 0.05) is 18.3 Å². The Kier molecular flexibility index (Phi) is 3.51. The highest BCUT2D eigenvalue weighted by Crippen LogP contribution is 2.26. The van der Waals surface area contributed by atoms with Gasteiger partial charge < -0.3 is 11.1 Å². The molecule has 0 heterocycles. The lowest BCUT2D eigenvalue weighted by Crippen LogP contribution is -2.34. The van der Waals surface area contributed by atoms with E-state index in [1.54, 1.807) is 0 Å². The van der Waals surface area contributed by atoms with Gasteiger partial charge >= 0.3 is 0 Å². The van der Waals surface area contributed by atoms with Crippen LogP contribution < -0.4 is 11.1 Å². The van der Waals surface area contributed by atoms with Gasteiger partial charge in [-0.3, -0.25) is 0 Å². The van der Waals surface area contributed by atoms with Crippen molar-refractivity contribution in [2.75, 3.05) is 5.73 Å². The van der Waals surface area contributed by atoms with Crippen LogP contribution in [-0.2, 0) is 19.4 Å². The number of benzene rings is 2. The molecular formula is C17H20N2. The van der Waals surface area contributed by atoms with Crippen LogP contribution >= 0.6 is 0 Å². The van der Waals surface area contributed by atoms with Crippen LogP contribution in [0.25, 0.3) is 0 Å². The number of hydrogen-bond donors (Lipinski definition) is 2. The summed E-state index contributed by atoms with van der Waals surface area (Å²) in [4.78, 5) is 0. The van der Waals surface area contributed by atoms with E-state index in [4.69, 9.17) is 5.73 Å². The fourth-order valence-corrected chi connectivity index (χ4v) is 2.87. The fraction of sp³-hybridized carbons (Fsp3) is 0.294. The van der Waals surface area contributed by atoms with Crippen molar-refractivity contribution in [1.82, 2.24) is 5.32 Å². The van der Waals surface area contributed by atoms with Crippen molar-refractivity contribution in [3.8, 4) is 0 Å². The first-order valence-corrected chi connectivity index (χ1v) is 6.96. The van der Waals surface area contributed by atoms with E-state index < -0.39 is 0 Å². The van der Waals surface area contributed by atoms with E-state index in [9.17, 15) is 0 Å². The summed E-state index contributed by atoms with van der Waals surface area (Å²) in [5, 5.41) is 3.66. The molecular weight excluding hydrogens is 232 g/mol. The van der Waals surface area contributed by atoms with Crippen molar-refractivity contribution in [3.63, 3.8) is 0 Å². The quantitative estimate of drug-likeness (QED) is 0.824. The number of anilines is 1. The summed E-state index contributed by atoms with van der Waals surface area (Å²) in [6.07, 6.45) is 3.36. The highest BCUT2D eigenvalue weighted by Gasteiger charge is 2.19. The van der Waals surface area contributed by atoms with Gasteiger partial charge in [0.15, 0.2) is 0 Å². The lowest BCUT2D eigenvalue weighted by atomic mass is 9.87. The van der Waals surface area contributed by atoms with Crippen LogP contribution in [0.1, 0.15) is 23.1 Å². The molecule has 0 amide bonds. The summed E-state index contributed by atoms with van der Waals surface area (Å²) in [5.74, 6) is 0. The van der Waals surface area contributed by atoms with Crippen LogP contribution in [0.15, 0.2) is 48.5 Å². The van der Waals surface area contributed by atoms with Crippen LogP contribution in [-0.4, -0.2) is 6.04 Å². The van der Waals surface area contributed by atoms with Gasteiger partial charge in [0.25, 0.3) is 0 Å². The Morgan fingerprint density at radius 1 is 1.05 bits per heavy atom. The third-order valence-electron chi connectivity index (χ3n) is 3.96. The normalized spacial score (nSPS) is 18.0. The number of fused-ring (bicyclic) bond motifs is 1. The van der Waals surface area contributed by atoms with E-state index in [0.29, 0.717) is 6.04 Å². The molecule has 3 rings (SSSR count). The van der Waals surface area contributed by atoms with Crippen LogP contribution in [0.4, 0.5) is 5.69 Å². The molecule has 0 aromatic heterocycles. The molecule has 19 heavy (non-hydrogen) atoms. The molecule has 1 atom stereocenters. The van der Waals surface area contributed by atoms with E-state index >= 15 is 0 Å². The lowest BCUT2D eigenvalue weighted by molar-refractivity contribution is 0.458. The third-order valence-corrected chi connectivity index (χ3v) is 3.96. The summed E-state index contributed by atoms with van der Waals surface area (Å²) >= 11 is 0. The Hall–Kier alpha value is -1.80. The van der Waals surface area contributed by atoms with Crippen molar-refractivity contribution in [2.24, 2.45) is 0 Å². The molecule has 0 radical (unpaired) electrons. The Labute approximate surface area is 114 Å². The molecule has 0 bridgehead atoms. The van der Waals surface area contributed by atoms with E-state index in [1.165, 1.54) is 23.1 Å². The maximum absolute atomic E-state index is 6.03. The van der Waals surface area contributed by atoms with Crippen molar-refractivity contribution in [2.45, 2.75) is 31.8 Å². The van der Waals surface area contributed by atoms with E-state index in [2.05, 4.69) is 47.8 Å². The molecule has 0 fully saturated rings. The van der Waals surface area contributed by atoms with E-state index in [-0.39, 0.29) is 0 Å². The maximum Gasteiger partial charge on any atom is 0.0349 e. The van der Waals surface area contributed by atoms with Crippen molar-refractivity contribution in [1.29, 1.82) is 0 Å². The Morgan fingerprint density at radius 2 is 1.89 bits per heavy atom. The minimum atomic E-state index is 0.564. The Bertz CT molecular complexity index is 548. The van der Waals surface area contributed by atoms with Gasteiger partial charge in [-0.2, -0.15) is 0 Å². The molecule has 0 spiro atoms. The first-order chi connectivity index (χ1) is 9.33. The van der Waals surface area contributed by atoms with Crippen molar-refractivity contribution < 1.29 is 0 Å². The minimum Gasteiger partial charge on any atom is -0.398 e. The SMILES string of the molecule is Nc1cccc2c1CCC(NCc1ccccc1)C2. The molecule has 1 aliphatic rings. The van der Waals surface area contributed by atoms with Crippen LogP contribution in [0, 0.1) is 0 Å². The van der Waals surface area contributed by atoms with Crippen molar-refractivity contribution in [3.05, 3.63) is 65.2 Å². The Morgan fingerprint density at radius 3 is 2.74 bits per heavy atom. The maximum atomic E-state index is 6.03. The minimum absolute atomic E-state index is 0.564. The molecule has 0 saturated heterocycles. The van der Waals surface area contributed by atoms with Crippen LogP contribution in [0.2, 0.25) is 0 Å². The Balaban J connectivity index is 1.63. The predicted octanol–water partition coefficient (Wildman–Crippen LogP) is 2.92. The van der Waals surface area contributed by atoms with Gasteiger partial charge in [-0.05, 0) is 42.0 Å². The van der Waals surface area contributed by atoms with E-state index in [1.807, 2.05) is 6.07 Å². The number of nitrogens with two attached hydrogens (primary N) is 1. The molecule has 3 N–H and O–H groups in total. The molecule has 2 nitrogen and oxygen atoms in total. The average molecular weight is 252 g/mol. The molecule has 2 heteroatoms. The largest absolute Gasteiger partial charge is 0.398 e. The number of hydrogen-bond acceptors (Lipinski definition) is 2. The number of nitrogen functional groups attached to an aromatic ring is 1. The zero-order valence-corrected chi connectivity index (χ0v) is 11.1. The van der Waals surface area contributed by atoms with E-state index in [0.717, 1.165) is 25.1 Å². The molecule has 98 valence electrons. The molecule has 2 aromatic carbocycles. The molecule has 2 aromatic rings. The summed E-state index contributed by atoms with van der Waals surface area (Å²) in [6.45, 7) is 0.948. The van der Waals surface area contributed by atoms with Crippen molar-refractivity contribution >= 4 is 5.69 Å². The highest BCUT2D eigenvalue weighted by atomic mass is 14.9. The highest BCUT2D eigenvalue weighted by molar-refractivity contribution is 5.52. The van der Waals surface area contributed by atoms with Gasteiger partial charge in [-0.25, -0.2) is 0 Å². The summed E-state index contributed by atoms with van der Waals surface area (Å²) in [5.41, 5.74) is 11.1. The van der Waals surface area contributed by atoms with Crippen LogP contribution in [0.5, 0.6) is 0 Å².